The number of halogens is 2. The summed E-state index contributed by atoms with van der Waals surface area (Å²) in [5, 5.41) is 12.5. The van der Waals surface area contributed by atoms with Crippen LogP contribution in [0.5, 0.6) is 0 Å². The van der Waals surface area contributed by atoms with Crippen molar-refractivity contribution in [3.63, 3.8) is 0 Å². The molecule has 6 heteroatoms. The van der Waals surface area contributed by atoms with Crippen LogP contribution in [0.2, 0.25) is 0 Å². The number of aliphatic hydroxyl groups is 1. The van der Waals surface area contributed by atoms with Crippen LogP contribution in [-0.2, 0) is 11.2 Å². The zero-order chi connectivity index (χ0) is 13.9. The third-order valence-electron chi connectivity index (χ3n) is 3.15. The third-order valence-corrected chi connectivity index (χ3v) is 4.32. The number of carbonyl (C=O) groups is 1. The highest BCUT2D eigenvalue weighted by Crippen LogP contribution is 2.27. The fourth-order valence-corrected chi connectivity index (χ4v) is 3.21. The van der Waals surface area contributed by atoms with Gasteiger partial charge in [0.25, 0.3) is 5.91 Å². The summed E-state index contributed by atoms with van der Waals surface area (Å²) in [6.45, 7) is 0.101. The Hall–Kier alpha value is -1.14. The van der Waals surface area contributed by atoms with Gasteiger partial charge in [-0.2, -0.15) is 11.8 Å². The monoisotopic (exact) mass is 287 g/mol. The first kappa shape index (κ1) is 14.3. The van der Waals surface area contributed by atoms with Gasteiger partial charge in [-0.05, 0) is 30.7 Å². The van der Waals surface area contributed by atoms with Crippen molar-refractivity contribution >= 4 is 17.7 Å². The minimum absolute atomic E-state index is 0.0458. The van der Waals surface area contributed by atoms with Gasteiger partial charge in [0.1, 0.15) is 11.6 Å². The Balaban J connectivity index is 1.88. The van der Waals surface area contributed by atoms with Gasteiger partial charge >= 0.3 is 0 Å². The van der Waals surface area contributed by atoms with Gasteiger partial charge in [-0.1, -0.05) is 6.07 Å². The molecule has 3 nitrogen and oxygen atoms in total. The Morgan fingerprint density at radius 3 is 2.68 bits per heavy atom. The summed E-state index contributed by atoms with van der Waals surface area (Å²) < 4.78 is 26.7. The van der Waals surface area contributed by atoms with Crippen molar-refractivity contribution in [3.05, 3.63) is 35.4 Å². The van der Waals surface area contributed by atoms with E-state index in [2.05, 4.69) is 5.32 Å². The van der Waals surface area contributed by atoms with Crippen LogP contribution in [-0.4, -0.2) is 34.7 Å². The minimum atomic E-state index is -1.33. The standard InChI is InChI=1S/C13H15F2NO2S/c14-10-2-1-3-11(15)9(10)4-6-16-12(17)13(18)5-7-19-8-13/h1-3,18H,4-8H2,(H,16,17). The molecular formula is C13H15F2NO2S. The van der Waals surface area contributed by atoms with E-state index in [4.69, 9.17) is 0 Å². The van der Waals surface area contributed by atoms with Crippen molar-refractivity contribution in [2.75, 3.05) is 18.1 Å². The number of amides is 1. The van der Waals surface area contributed by atoms with Crippen LogP contribution in [0.3, 0.4) is 0 Å². The molecule has 0 radical (unpaired) electrons. The van der Waals surface area contributed by atoms with Crippen molar-refractivity contribution < 1.29 is 18.7 Å². The Morgan fingerprint density at radius 2 is 2.11 bits per heavy atom. The quantitative estimate of drug-likeness (QED) is 0.882. The minimum Gasteiger partial charge on any atom is -0.379 e. The van der Waals surface area contributed by atoms with E-state index in [1.54, 1.807) is 0 Å². The van der Waals surface area contributed by atoms with Crippen LogP contribution in [0, 0.1) is 11.6 Å². The smallest absolute Gasteiger partial charge is 0.252 e. The molecule has 0 spiro atoms. The summed E-state index contributed by atoms with van der Waals surface area (Å²) in [4.78, 5) is 11.8. The van der Waals surface area contributed by atoms with Gasteiger partial charge in [0.15, 0.2) is 5.60 Å². The molecule has 104 valence electrons. The molecule has 1 aromatic carbocycles. The highest BCUT2D eigenvalue weighted by Gasteiger charge is 2.39. The summed E-state index contributed by atoms with van der Waals surface area (Å²) in [6, 6.07) is 3.66. The van der Waals surface area contributed by atoms with Gasteiger partial charge in [0, 0.05) is 17.9 Å². The van der Waals surface area contributed by atoms with E-state index in [-0.39, 0.29) is 18.5 Å². The second kappa shape index (κ2) is 5.88. The van der Waals surface area contributed by atoms with E-state index < -0.39 is 23.1 Å². The zero-order valence-corrected chi connectivity index (χ0v) is 11.1. The molecule has 1 atom stereocenters. The fraction of sp³-hybridized carbons (Fsp3) is 0.462. The van der Waals surface area contributed by atoms with Gasteiger partial charge in [-0.3, -0.25) is 4.79 Å². The molecule has 1 fully saturated rings. The molecule has 2 rings (SSSR count). The van der Waals surface area contributed by atoms with Crippen molar-refractivity contribution in [2.24, 2.45) is 0 Å². The molecule has 0 aromatic heterocycles. The molecule has 1 unspecified atom stereocenters. The molecule has 0 aliphatic carbocycles. The number of benzene rings is 1. The molecule has 1 aliphatic rings. The van der Waals surface area contributed by atoms with Crippen molar-refractivity contribution in [1.29, 1.82) is 0 Å². The Bertz CT molecular complexity index is 455. The molecule has 1 heterocycles. The molecule has 1 aromatic rings. The average Bonchev–Trinajstić information content (AvgIpc) is 2.81. The normalized spacial score (nSPS) is 22.5. The molecule has 0 bridgehead atoms. The second-order valence-electron chi connectivity index (χ2n) is 4.54. The van der Waals surface area contributed by atoms with Gasteiger partial charge in [0.2, 0.25) is 0 Å². The SMILES string of the molecule is O=C(NCCc1c(F)cccc1F)C1(O)CCSC1. The molecule has 19 heavy (non-hydrogen) atoms. The number of hydrogen-bond donors (Lipinski definition) is 2. The Morgan fingerprint density at radius 1 is 1.42 bits per heavy atom. The maximum absolute atomic E-state index is 13.3. The summed E-state index contributed by atoms with van der Waals surface area (Å²) in [5.41, 5.74) is -1.38. The van der Waals surface area contributed by atoms with E-state index >= 15 is 0 Å². The van der Waals surface area contributed by atoms with E-state index in [0.717, 1.165) is 5.75 Å². The average molecular weight is 287 g/mol. The summed E-state index contributed by atoms with van der Waals surface area (Å²) in [6.07, 6.45) is 0.477. The highest BCUT2D eigenvalue weighted by atomic mass is 32.2. The maximum Gasteiger partial charge on any atom is 0.252 e. The number of carbonyl (C=O) groups excluding carboxylic acids is 1. The Kier molecular flexibility index (Phi) is 4.42. The molecule has 1 amide bonds. The molecule has 0 saturated carbocycles. The fourth-order valence-electron chi connectivity index (χ4n) is 1.97. The van der Waals surface area contributed by atoms with Crippen LogP contribution in [0.4, 0.5) is 8.78 Å². The summed E-state index contributed by atoms with van der Waals surface area (Å²) in [7, 11) is 0. The van der Waals surface area contributed by atoms with E-state index in [9.17, 15) is 18.7 Å². The number of rotatable bonds is 4. The lowest BCUT2D eigenvalue weighted by molar-refractivity contribution is -0.137. The van der Waals surface area contributed by atoms with Crippen LogP contribution < -0.4 is 5.32 Å². The number of thioether (sulfide) groups is 1. The Labute approximate surface area is 114 Å². The van der Waals surface area contributed by atoms with Crippen LogP contribution in [0.15, 0.2) is 18.2 Å². The van der Waals surface area contributed by atoms with Crippen molar-refractivity contribution in [2.45, 2.75) is 18.4 Å². The van der Waals surface area contributed by atoms with Crippen LogP contribution in [0.1, 0.15) is 12.0 Å². The summed E-state index contributed by atoms with van der Waals surface area (Å²) >= 11 is 1.51. The third kappa shape index (κ3) is 3.25. The number of hydrogen-bond acceptors (Lipinski definition) is 3. The molecule has 2 N–H and O–H groups in total. The van der Waals surface area contributed by atoms with Crippen molar-refractivity contribution in [1.82, 2.24) is 5.32 Å². The largest absolute Gasteiger partial charge is 0.379 e. The molecule has 1 aliphatic heterocycles. The van der Waals surface area contributed by atoms with Gasteiger partial charge in [0.05, 0.1) is 0 Å². The topological polar surface area (TPSA) is 49.3 Å². The first-order chi connectivity index (χ1) is 9.03. The second-order valence-corrected chi connectivity index (χ2v) is 5.65. The summed E-state index contributed by atoms with van der Waals surface area (Å²) in [5.74, 6) is -0.596. The molecule has 1 saturated heterocycles. The first-order valence-electron chi connectivity index (χ1n) is 6.04. The lowest BCUT2D eigenvalue weighted by Crippen LogP contribution is -2.47. The van der Waals surface area contributed by atoms with Gasteiger partial charge < -0.3 is 10.4 Å². The van der Waals surface area contributed by atoms with Gasteiger partial charge in [-0.25, -0.2) is 8.78 Å². The van der Waals surface area contributed by atoms with E-state index in [1.165, 1.54) is 30.0 Å². The lowest BCUT2D eigenvalue weighted by Gasteiger charge is -2.20. The van der Waals surface area contributed by atoms with E-state index in [0.29, 0.717) is 12.2 Å². The highest BCUT2D eigenvalue weighted by molar-refractivity contribution is 7.99. The maximum atomic E-state index is 13.3. The molecular weight excluding hydrogens is 272 g/mol. The lowest BCUT2D eigenvalue weighted by atomic mass is 10.0. The number of nitrogens with one attached hydrogen (secondary N) is 1. The predicted octanol–water partition coefficient (Wildman–Crippen LogP) is 1.49. The van der Waals surface area contributed by atoms with Gasteiger partial charge in [-0.15, -0.1) is 0 Å². The first-order valence-corrected chi connectivity index (χ1v) is 7.20. The van der Waals surface area contributed by atoms with E-state index in [1.807, 2.05) is 0 Å². The zero-order valence-electron chi connectivity index (χ0n) is 10.3. The van der Waals surface area contributed by atoms with Crippen LogP contribution in [0.25, 0.3) is 0 Å². The predicted molar refractivity (Wildman–Crippen MR) is 70.0 cm³/mol. The van der Waals surface area contributed by atoms with Crippen LogP contribution >= 0.6 is 11.8 Å². The van der Waals surface area contributed by atoms with Crippen molar-refractivity contribution in [3.8, 4) is 0 Å².